The maximum atomic E-state index is 6.37. The molecule has 0 radical (unpaired) electrons. The van der Waals surface area contributed by atoms with Gasteiger partial charge in [0.25, 0.3) is 0 Å². The maximum absolute atomic E-state index is 6.37. The first-order chi connectivity index (χ1) is 8.54. The van der Waals surface area contributed by atoms with Gasteiger partial charge < -0.3 is 4.74 Å². The first-order valence-corrected chi connectivity index (χ1v) is 5.92. The van der Waals surface area contributed by atoms with Crippen molar-refractivity contribution < 1.29 is 4.74 Å². The smallest absolute Gasteiger partial charge is 0.168 e. The lowest BCUT2D eigenvalue weighted by Crippen LogP contribution is -2.40. The molecule has 0 fully saturated rings. The van der Waals surface area contributed by atoms with E-state index in [1.165, 1.54) is 5.57 Å². The third-order valence-corrected chi connectivity index (χ3v) is 2.77. The molecule has 96 valence electrons. The van der Waals surface area contributed by atoms with Gasteiger partial charge in [-0.1, -0.05) is 60.7 Å². The van der Waals surface area contributed by atoms with Crippen molar-refractivity contribution in [2.45, 2.75) is 19.6 Å². The first-order valence-electron chi connectivity index (χ1n) is 5.92. The van der Waals surface area contributed by atoms with Crippen molar-refractivity contribution in [1.29, 1.82) is 0 Å². The van der Waals surface area contributed by atoms with Crippen LogP contribution in [0, 0.1) is 0 Å². The van der Waals surface area contributed by atoms with Crippen LogP contribution in [0.4, 0.5) is 0 Å². The van der Waals surface area contributed by atoms with Crippen molar-refractivity contribution in [2.24, 2.45) is 5.73 Å². The van der Waals surface area contributed by atoms with E-state index in [0.29, 0.717) is 0 Å². The monoisotopic (exact) mass is 243 g/mol. The molecule has 1 aromatic carbocycles. The van der Waals surface area contributed by atoms with Crippen LogP contribution in [0.1, 0.15) is 19.4 Å². The molecule has 18 heavy (non-hydrogen) atoms. The van der Waals surface area contributed by atoms with E-state index in [1.54, 1.807) is 13.2 Å². The van der Waals surface area contributed by atoms with E-state index in [2.05, 4.69) is 6.58 Å². The fraction of sp³-hybridized carbons (Fsp3) is 0.250. The van der Waals surface area contributed by atoms with Crippen molar-refractivity contribution >= 4 is 0 Å². The number of nitrogens with two attached hydrogens (primary N) is 1. The van der Waals surface area contributed by atoms with E-state index >= 15 is 0 Å². The molecule has 0 aliphatic carbocycles. The van der Waals surface area contributed by atoms with Crippen molar-refractivity contribution in [3.63, 3.8) is 0 Å². The maximum Gasteiger partial charge on any atom is 0.168 e. The van der Waals surface area contributed by atoms with Crippen LogP contribution >= 0.6 is 0 Å². The highest BCUT2D eigenvalue weighted by molar-refractivity contribution is 5.39. The van der Waals surface area contributed by atoms with Gasteiger partial charge in [0, 0.05) is 18.2 Å². The van der Waals surface area contributed by atoms with Crippen LogP contribution in [0.5, 0.6) is 0 Å². The first kappa shape index (κ1) is 14.4. The Morgan fingerprint density at radius 1 is 1.22 bits per heavy atom. The summed E-state index contributed by atoms with van der Waals surface area (Å²) in [5.41, 5.74) is 8.33. The Bertz CT molecular complexity index is 455. The van der Waals surface area contributed by atoms with Crippen LogP contribution in [-0.2, 0) is 10.5 Å². The molecule has 2 heteroatoms. The molecule has 0 saturated heterocycles. The SMILES string of the molecule is C=C/C(=C\C=C(C)C)C(N)(OC)c1ccccc1. The van der Waals surface area contributed by atoms with E-state index in [-0.39, 0.29) is 0 Å². The Balaban J connectivity index is 3.26. The summed E-state index contributed by atoms with van der Waals surface area (Å²) in [4.78, 5) is 0. The normalized spacial score (nSPS) is 14.8. The van der Waals surface area contributed by atoms with Crippen molar-refractivity contribution in [1.82, 2.24) is 0 Å². The molecule has 0 aliphatic heterocycles. The number of allylic oxidation sites excluding steroid dienone is 3. The van der Waals surface area contributed by atoms with Gasteiger partial charge in [0.2, 0.25) is 0 Å². The topological polar surface area (TPSA) is 35.2 Å². The summed E-state index contributed by atoms with van der Waals surface area (Å²) in [6.45, 7) is 7.89. The summed E-state index contributed by atoms with van der Waals surface area (Å²) in [5.74, 6) is 0. The van der Waals surface area contributed by atoms with Crippen molar-refractivity contribution in [3.8, 4) is 0 Å². The fourth-order valence-electron chi connectivity index (χ4n) is 1.69. The second kappa shape index (κ2) is 6.34. The van der Waals surface area contributed by atoms with Crippen LogP contribution in [0.3, 0.4) is 0 Å². The molecular weight excluding hydrogens is 222 g/mol. The zero-order valence-electron chi connectivity index (χ0n) is 11.3. The van der Waals surface area contributed by atoms with Crippen LogP contribution in [0.25, 0.3) is 0 Å². The van der Waals surface area contributed by atoms with Gasteiger partial charge in [0.1, 0.15) is 0 Å². The molecule has 0 spiro atoms. The molecule has 0 aliphatic rings. The average Bonchev–Trinajstić information content (AvgIpc) is 2.39. The molecule has 1 atom stereocenters. The molecule has 1 rings (SSSR count). The molecule has 2 nitrogen and oxygen atoms in total. The van der Waals surface area contributed by atoms with E-state index in [9.17, 15) is 0 Å². The highest BCUT2D eigenvalue weighted by Crippen LogP contribution is 2.28. The van der Waals surface area contributed by atoms with Crippen LogP contribution in [0.2, 0.25) is 0 Å². The van der Waals surface area contributed by atoms with Gasteiger partial charge in [-0.15, -0.1) is 0 Å². The lowest BCUT2D eigenvalue weighted by molar-refractivity contribution is 0.0271. The minimum Gasteiger partial charge on any atom is -0.355 e. The van der Waals surface area contributed by atoms with Crippen molar-refractivity contribution in [3.05, 3.63) is 71.8 Å². The van der Waals surface area contributed by atoms with Crippen LogP contribution in [-0.4, -0.2) is 7.11 Å². The Kier molecular flexibility index (Phi) is 5.08. The predicted molar refractivity (Wildman–Crippen MR) is 77.0 cm³/mol. The number of methoxy groups -OCH3 is 1. The minimum absolute atomic E-state index is 0.831. The van der Waals surface area contributed by atoms with Gasteiger partial charge in [0.15, 0.2) is 5.72 Å². The van der Waals surface area contributed by atoms with E-state index in [0.717, 1.165) is 11.1 Å². The standard InChI is InChI=1S/C16H21NO/c1-5-14(12-11-13(2)3)16(17,18-4)15-9-7-6-8-10-15/h5-12H,1,17H2,2-4H3/b14-12+. The summed E-state index contributed by atoms with van der Waals surface area (Å²) in [6, 6.07) is 9.73. The Morgan fingerprint density at radius 3 is 2.28 bits per heavy atom. The summed E-state index contributed by atoms with van der Waals surface area (Å²) < 4.78 is 5.52. The second-order valence-electron chi connectivity index (χ2n) is 4.38. The highest BCUT2D eigenvalue weighted by Gasteiger charge is 2.29. The number of ether oxygens (including phenoxy) is 1. The molecular formula is C16H21NO. The molecule has 2 N–H and O–H groups in total. The van der Waals surface area contributed by atoms with Crippen molar-refractivity contribution in [2.75, 3.05) is 7.11 Å². The summed E-state index contributed by atoms with van der Waals surface area (Å²) in [7, 11) is 1.60. The lowest BCUT2D eigenvalue weighted by Gasteiger charge is -2.29. The largest absolute Gasteiger partial charge is 0.355 e. The van der Waals surface area contributed by atoms with E-state index in [4.69, 9.17) is 10.5 Å². The Hall–Kier alpha value is -1.64. The number of benzene rings is 1. The fourth-order valence-corrected chi connectivity index (χ4v) is 1.69. The number of hydrogen-bond acceptors (Lipinski definition) is 2. The molecule has 0 aromatic heterocycles. The zero-order chi connectivity index (χ0) is 13.6. The molecule has 0 heterocycles. The Morgan fingerprint density at radius 2 is 1.83 bits per heavy atom. The zero-order valence-corrected chi connectivity index (χ0v) is 11.3. The molecule has 1 aromatic rings. The van der Waals surface area contributed by atoms with Gasteiger partial charge in [-0.25, -0.2) is 0 Å². The highest BCUT2D eigenvalue weighted by atomic mass is 16.5. The minimum atomic E-state index is -0.963. The van der Waals surface area contributed by atoms with Crippen LogP contribution < -0.4 is 5.73 Å². The predicted octanol–water partition coefficient (Wildman–Crippen LogP) is 3.52. The molecule has 0 bridgehead atoms. The van der Waals surface area contributed by atoms with E-state index in [1.807, 2.05) is 56.3 Å². The van der Waals surface area contributed by atoms with Gasteiger partial charge in [-0.2, -0.15) is 0 Å². The third kappa shape index (κ3) is 3.19. The van der Waals surface area contributed by atoms with Gasteiger partial charge in [-0.05, 0) is 13.8 Å². The molecule has 0 saturated carbocycles. The quantitative estimate of drug-likeness (QED) is 0.634. The van der Waals surface area contributed by atoms with E-state index < -0.39 is 5.72 Å². The average molecular weight is 243 g/mol. The number of hydrogen-bond donors (Lipinski definition) is 1. The summed E-state index contributed by atoms with van der Waals surface area (Å²) in [6.07, 6.45) is 5.68. The Labute approximate surface area is 109 Å². The third-order valence-electron chi connectivity index (χ3n) is 2.77. The summed E-state index contributed by atoms with van der Waals surface area (Å²) >= 11 is 0. The van der Waals surface area contributed by atoms with Gasteiger partial charge >= 0.3 is 0 Å². The second-order valence-corrected chi connectivity index (χ2v) is 4.38. The van der Waals surface area contributed by atoms with Gasteiger partial charge in [-0.3, -0.25) is 5.73 Å². The molecule has 1 unspecified atom stereocenters. The molecule has 0 amide bonds. The number of rotatable bonds is 5. The van der Waals surface area contributed by atoms with Gasteiger partial charge in [0.05, 0.1) is 0 Å². The lowest BCUT2D eigenvalue weighted by atomic mass is 9.94. The summed E-state index contributed by atoms with van der Waals surface area (Å²) in [5, 5.41) is 0. The van der Waals surface area contributed by atoms with Crippen LogP contribution in [0.15, 0.2) is 66.3 Å².